The highest BCUT2D eigenvalue weighted by atomic mass is 16.1. The van der Waals surface area contributed by atoms with Gasteiger partial charge in [-0.2, -0.15) is 5.10 Å². The van der Waals surface area contributed by atoms with Gasteiger partial charge in [-0.25, -0.2) is 4.68 Å². The van der Waals surface area contributed by atoms with Crippen molar-refractivity contribution >= 4 is 5.69 Å². The van der Waals surface area contributed by atoms with Crippen molar-refractivity contribution < 1.29 is 0 Å². The number of nitrogens with one attached hydrogen (secondary N) is 1. The van der Waals surface area contributed by atoms with Crippen LogP contribution in [0.3, 0.4) is 0 Å². The van der Waals surface area contributed by atoms with Gasteiger partial charge in [-0.05, 0) is 5.56 Å². The molecule has 2 rings (SSSR count). The number of hydrogen-bond acceptors (Lipinski definition) is 4. The monoisotopic (exact) mass is 244 g/mol. The smallest absolute Gasteiger partial charge is 0.269 e. The van der Waals surface area contributed by atoms with Crippen LogP contribution in [0.1, 0.15) is 5.56 Å². The van der Waals surface area contributed by atoms with Gasteiger partial charge >= 0.3 is 0 Å². The van der Waals surface area contributed by atoms with E-state index in [1.807, 2.05) is 30.3 Å². The molecule has 1 aromatic carbocycles. The lowest BCUT2D eigenvalue weighted by Gasteiger charge is -2.07. The van der Waals surface area contributed by atoms with Crippen molar-refractivity contribution in [2.24, 2.45) is 5.73 Å². The Balaban J connectivity index is 2.13. The van der Waals surface area contributed by atoms with Crippen LogP contribution in [-0.4, -0.2) is 22.9 Å². The van der Waals surface area contributed by atoms with E-state index in [1.165, 1.54) is 10.7 Å². The minimum absolute atomic E-state index is 0.124. The number of nitrogens with two attached hydrogens (primary N) is 1. The zero-order valence-corrected chi connectivity index (χ0v) is 10.0. The van der Waals surface area contributed by atoms with Gasteiger partial charge in [0.25, 0.3) is 5.56 Å². The normalized spacial score (nSPS) is 10.3. The van der Waals surface area contributed by atoms with Crippen LogP contribution in [0.15, 0.2) is 47.4 Å². The maximum Gasteiger partial charge on any atom is 0.269 e. The first-order chi connectivity index (χ1) is 8.79. The largest absolute Gasteiger partial charge is 0.382 e. The van der Waals surface area contributed by atoms with Crippen LogP contribution >= 0.6 is 0 Å². The van der Waals surface area contributed by atoms with Crippen LogP contribution in [0.25, 0.3) is 0 Å². The van der Waals surface area contributed by atoms with Gasteiger partial charge in [0.2, 0.25) is 0 Å². The van der Waals surface area contributed by atoms with Crippen molar-refractivity contribution in [2.45, 2.75) is 6.54 Å². The van der Waals surface area contributed by atoms with E-state index in [-0.39, 0.29) is 5.56 Å². The van der Waals surface area contributed by atoms with Crippen molar-refractivity contribution in [3.05, 3.63) is 58.5 Å². The molecular weight excluding hydrogens is 228 g/mol. The fourth-order valence-corrected chi connectivity index (χ4v) is 1.62. The molecule has 0 aliphatic carbocycles. The Morgan fingerprint density at radius 3 is 2.72 bits per heavy atom. The summed E-state index contributed by atoms with van der Waals surface area (Å²) in [6, 6.07) is 11.3. The van der Waals surface area contributed by atoms with Gasteiger partial charge in [0, 0.05) is 19.2 Å². The van der Waals surface area contributed by atoms with E-state index in [0.717, 1.165) is 5.56 Å². The van der Waals surface area contributed by atoms with Crippen LogP contribution < -0.4 is 16.6 Å². The maximum absolute atomic E-state index is 11.8. The van der Waals surface area contributed by atoms with E-state index < -0.39 is 0 Å². The summed E-state index contributed by atoms with van der Waals surface area (Å²) in [4.78, 5) is 11.8. The van der Waals surface area contributed by atoms with E-state index in [0.29, 0.717) is 25.3 Å². The van der Waals surface area contributed by atoms with E-state index >= 15 is 0 Å². The molecule has 0 spiro atoms. The lowest BCUT2D eigenvalue weighted by atomic mass is 10.2. The number of benzene rings is 1. The second-order valence-corrected chi connectivity index (χ2v) is 3.94. The highest BCUT2D eigenvalue weighted by molar-refractivity contribution is 5.38. The predicted molar refractivity (Wildman–Crippen MR) is 71.6 cm³/mol. The van der Waals surface area contributed by atoms with Gasteiger partial charge in [0.1, 0.15) is 0 Å². The molecule has 18 heavy (non-hydrogen) atoms. The highest BCUT2D eigenvalue weighted by Gasteiger charge is 2.00. The number of hydrogen-bond donors (Lipinski definition) is 2. The predicted octanol–water partition coefficient (Wildman–Crippen LogP) is 0.662. The first-order valence-corrected chi connectivity index (χ1v) is 5.84. The molecule has 0 aliphatic rings. The lowest BCUT2D eigenvalue weighted by molar-refractivity contribution is 0.639. The van der Waals surface area contributed by atoms with Gasteiger partial charge in [0.15, 0.2) is 0 Å². The van der Waals surface area contributed by atoms with E-state index in [9.17, 15) is 4.79 Å². The summed E-state index contributed by atoms with van der Waals surface area (Å²) in [7, 11) is 0. The van der Waals surface area contributed by atoms with Crippen LogP contribution in [0.4, 0.5) is 5.69 Å². The van der Waals surface area contributed by atoms with Crippen molar-refractivity contribution in [1.29, 1.82) is 0 Å². The van der Waals surface area contributed by atoms with Crippen molar-refractivity contribution in [3.8, 4) is 0 Å². The Labute approximate surface area is 105 Å². The molecule has 1 heterocycles. The summed E-state index contributed by atoms with van der Waals surface area (Å²) in [5.41, 5.74) is 7.01. The molecule has 1 aromatic heterocycles. The number of aromatic nitrogens is 2. The van der Waals surface area contributed by atoms with Crippen LogP contribution in [0, 0.1) is 0 Å². The standard InChI is InChI=1S/C13H16N4O/c14-6-7-15-12-8-13(18)17(16-9-12)10-11-4-2-1-3-5-11/h1-5,8-9,15H,6-7,10,14H2. The molecule has 0 radical (unpaired) electrons. The molecule has 3 N–H and O–H groups in total. The molecule has 5 heteroatoms. The minimum atomic E-state index is -0.124. The van der Waals surface area contributed by atoms with Gasteiger partial charge < -0.3 is 11.1 Å². The third-order valence-electron chi connectivity index (χ3n) is 2.52. The topological polar surface area (TPSA) is 72.9 Å². The number of anilines is 1. The SMILES string of the molecule is NCCNc1cnn(Cc2ccccc2)c(=O)c1. The molecule has 94 valence electrons. The zero-order valence-electron chi connectivity index (χ0n) is 10.0. The summed E-state index contributed by atoms with van der Waals surface area (Å²) >= 11 is 0. The summed E-state index contributed by atoms with van der Waals surface area (Å²) in [5.74, 6) is 0. The van der Waals surface area contributed by atoms with Gasteiger partial charge in [0.05, 0.1) is 18.4 Å². The summed E-state index contributed by atoms with van der Waals surface area (Å²) in [5, 5.41) is 7.15. The minimum Gasteiger partial charge on any atom is -0.382 e. The molecule has 0 aliphatic heterocycles. The summed E-state index contributed by atoms with van der Waals surface area (Å²) in [6.45, 7) is 1.63. The highest BCUT2D eigenvalue weighted by Crippen LogP contribution is 2.02. The molecule has 0 atom stereocenters. The Morgan fingerprint density at radius 1 is 1.28 bits per heavy atom. The van der Waals surface area contributed by atoms with Gasteiger partial charge in [-0.15, -0.1) is 0 Å². The Kier molecular flexibility index (Phi) is 4.09. The van der Waals surface area contributed by atoms with Crippen LogP contribution in [0.2, 0.25) is 0 Å². The molecular formula is C13H16N4O. The first kappa shape index (κ1) is 12.3. The van der Waals surface area contributed by atoms with E-state index in [2.05, 4.69) is 10.4 Å². The Morgan fingerprint density at radius 2 is 2.06 bits per heavy atom. The molecule has 5 nitrogen and oxygen atoms in total. The summed E-state index contributed by atoms with van der Waals surface area (Å²) < 4.78 is 1.43. The fraction of sp³-hybridized carbons (Fsp3) is 0.231. The Bertz CT molecular complexity index is 550. The van der Waals surface area contributed by atoms with E-state index in [1.54, 1.807) is 6.20 Å². The third-order valence-corrected chi connectivity index (χ3v) is 2.52. The van der Waals surface area contributed by atoms with Gasteiger partial charge in [-0.1, -0.05) is 30.3 Å². The number of rotatable bonds is 5. The fourth-order valence-electron chi connectivity index (χ4n) is 1.62. The van der Waals surface area contributed by atoms with Crippen molar-refractivity contribution in [3.63, 3.8) is 0 Å². The second kappa shape index (κ2) is 5.97. The van der Waals surface area contributed by atoms with Gasteiger partial charge in [-0.3, -0.25) is 4.79 Å². The van der Waals surface area contributed by atoms with E-state index in [4.69, 9.17) is 5.73 Å². The van der Waals surface area contributed by atoms with Crippen molar-refractivity contribution in [2.75, 3.05) is 18.4 Å². The summed E-state index contributed by atoms with van der Waals surface area (Å²) in [6.07, 6.45) is 1.64. The Hall–Kier alpha value is -2.14. The second-order valence-electron chi connectivity index (χ2n) is 3.94. The van der Waals surface area contributed by atoms with Crippen molar-refractivity contribution in [1.82, 2.24) is 9.78 Å². The average molecular weight is 244 g/mol. The molecule has 2 aromatic rings. The molecule has 0 saturated heterocycles. The van der Waals surface area contributed by atoms with Crippen LogP contribution in [0.5, 0.6) is 0 Å². The van der Waals surface area contributed by atoms with Crippen LogP contribution in [-0.2, 0) is 6.54 Å². The third kappa shape index (κ3) is 3.18. The lowest BCUT2D eigenvalue weighted by Crippen LogP contribution is -2.24. The molecule has 0 bridgehead atoms. The zero-order chi connectivity index (χ0) is 12.8. The molecule has 0 fully saturated rings. The molecule has 0 amide bonds. The quantitative estimate of drug-likeness (QED) is 0.810. The molecule has 0 saturated carbocycles. The average Bonchev–Trinajstić information content (AvgIpc) is 2.40. The first-order valence-electron chi connectivity index (χ1n) is 5.84. The maximum atomic E-state index is 11.8. The number of nitrogens with zero attached hydrogens (tertiary/aromatic N) is 2. The molecule has 0 unspecified atom stereocenters.